The maximum absolute atomic E-state index is 12.8. The molecule has 2 bridgehead atoms. The van der Waals surface area contributed by atoms with Crippen LogP contribution in [-0.2, 0) is 15.8 Å². The monoisotopic (exact) mass is 368 g/mol. The van der Waals surface area contributed by atoms with Crippen LogP contribution in [0.3, 0.4) is 0 Å². The molecule has 2 amide bonds. The van der Waals surface area contributed by atoms with E-state index >= 15 is 0 Å². The van der Waals surface area contributed by atoms with Crippen LogP contribution in [0.1, 0.15) is 45.6 Å². The van der Waals surface area contributed by atoms with Crippen LogP contribution in [0.2, 0.25) is 0 Å². The molecule has 1 aromatic carbocycles. The number of carbonyl (C=O) groups excluding carboxylic acids is 2. The van der Waals surface area contributed by atoms with Gasteiger partial charge in [-0.2, -0.15) is 13.2 Å². The van der Waals surface area contributed by atoms with Crippen molar-refractivity contribution in [3.05, 3.63) is 29.8 Å². The summed E-state index contributed by atoms with van der Waals surface area (Å²) in [6.45, 7) is 6.96. The summed E-state index contributed by atoms with van der Waals surface area (Å²) in [6, 6.07) is 4.30. The van der Waals surface area contributed by atoms with Gasteiger partial charge in [-0.25, -0.2) is 0 Å². The number of anilines is 1. The molecule has 0 radical (unpaired) electrons. The highest BCUT2D eigenvalue weighted by molar-refractivity contribution is 6.39. The smallest absolute Gasteiger partial charge is 0.331 e. The van der Waals surface area contributed by atoms with Crippen molar-refractivity contribution in [2.45, 2.75) is 52.3 Å². The van der Waals surface area contributed by atoms with Crippen LogP contribution in [0.5, 0.6) is 0 Å². The second-order valence-electron chi connectivity index (χ2n) is 8.68. The third-order valence-electron chi connectivity index (χ3n) is 5.32. The number of halogens is 3. The fourth-order valence-electron chi connectivity index (χ4n) is 4.79. The number of fused-ring (bicyclic) bond motifs is 2. The van der Waals surface area contributed by atoms with E-state index in [1.54, 1.807) is 4.90 Å². The Labute approximate surface area is 150 Å². The van der Waals surface area contributed by atoms with Crippen LogP contribution in [0.4, 0.5) is 18.9 Å². The minimum atomic E-state index is -4.50. The average Bonchev–Trinajstić information content (AvgIpc) is 2.74. The van der Waals surface area contributed by atoms with Crippen molar-refractivity contribution in [2.75, 3.05) is 11.9 Å². The van der Waals surface area contributed by atoms with Crippen LogP contribution in [0.15, 0.2) is 24.3 Å². The molecule has 0 spiro atoms. The largest absolute Gasteiger partial charge is 0.416 e. The Bertz CT molecular complexity index is 745. The van der Waals surface area contributed by atoms with Gasteiger partial charge in [0.25, 0.3) is 0 Å². The zero-order valence-electron chi connectivity index (χ0n) is 15.1. The molecule has 1 N–H and O–H groups in total. The molecule has 1 aliphatic carbocycles. The second-order valence-corrected chi connectivity index (χ2v) is 8.68. The first-order valence-corrected chi connectivity index (χ1v) is 8.68. The van der Waals surface area contributed by atoms with Crippen molar-refractivity contribution in [1.29, 1.82) is 0 Å². The number of likely N-dealkylation sites (tertiary alicyclic amines) is 1. The number of benzene rings is 1. The van der Waals surface area contributed by atoms with Crippen molar-refractivity contribution in [1.82, 2.24) is 4.90 Å². The standard InChI is InChI=1S/C19H23F3N2O2/c1-17(2)8-14-9-18(3,10-17)11-24(14)16(26)15(25)23-13-6-4-5-12(7-13)19(20,21)22/h4-7,14H,8-11H2,1-3H3,(H,23,25). The average molecular weight is 368 g/mol. The molecule has 7 heteroatoms. The highest BCUT2D eigenvalue weighted by atomic mass is 19.4. The first kappa shape index (κ1) is 18.7. The third kappa shape index (κ3) is 3.71. The van der Waals surface area contributed by atoms with Gasteiger partial charge in [-0.15, -0.1) is 0 Å². The minimum Gasteiger partial charge on any atom is -0.331 e. The minimum absolute atomic E-state index is 0.00325. The molecule has 142 valence electrons. The van der Waals surface area contributed by atoms with Gasteiger partial charge < -0.3 is 10.2 Å². The summed E-state index contributed by atoms with van der Waals surface area (Å²) in [7, 11) is 0. The lowest BCUT2D eigenvalue weighted by atomic mass is 9.65. The predicted octanol–water partition coefficient (Wildman–Crippen LogP) is 4.07. The molecule has 3 rings (SSSR count). The molecule has 2 aliphatic rings. The first-order chi connectivity index (χ1) is 11.9. The summed E-state index contributed by atoms with van der Waals surface area (Å²) in [4.78, 5) is 26.5. The molecule has 2 atom stereocenters. The summed E-state index contributed by atoms with van der Waals surface area (Å²) in [5.41, 5.74) is -0.816. The summed E-state index contributed by atoms with van der Waals surface area (Å²) in [5, 5.41) is 2.31. The van der Waals surface area contributed by atoms with Gasteiger partial charge in [0, 0.05) is 18.3 Å². The molecule has 1 saturated carbocycles. The summed E-state index contributed by atoms with van der Waals surface area (Å²) < 4.78 is 38.4. The summed E-state index contributed by atoms with van der Waals surface area (Å²) in [6.07, 6.45) is -1.84. The fraction of sp³-hybridized carbons (Fsp3) is 0.579. The molecular weight excluding hydrogens is 345 g/mol. The van der Waals surface area contributed by atoms with Gasteiger partial charge in [0.05, 0.1) is 5.56 Å². The van der Waals surface area contributed by atoms with Gasteiger partial charge in [0.1, 0.15) is 0 Å². The Morgan fingerprint density at radius 3 is 2.54 bits per heavy atom. The lowest BCUT2D eigenvalue weighted by molar-refractivity contribution is -0.144. The van der Waals surface area contributed by atoms with Crippen LogP contribution in [-0.4, -0.2) is 29.3 Å². The number of rotatable bonds is 1. The molecule has 0 aromatic heterocycles. The molecule has 2 fully saturated rings. The van der Waals surface area contributed by atoms with Crippen molar-refractivity contribution in [3.8, 4) is 0 Å². The van der Waals surface area contributed by atoms with Crippen molar-refractivity contribution in [2.24, 2.45) is 10.8 Å². The summed E-state index contributed by atoms with van der Waals surface area (Å²) in [5.74, 6) is -1.56. The van der Waals surface area contributed by atoms with Crippen LogP contribution in [0, 0.1) is 10.8 Å². The van der Waals surface area contributed by atoms with Crippen molar-refractivity contribution < 1.29 is 22.8 Å². The van der Waals surface area contributed by atoms with E-state index in [1.165, 1.54) is 12.1 Å². The lowest BCUT2D eigenvalue weighted by Crippen LogP contribution is -2.43. The fourth-order valence-corrected chi connectivity index (χ4v) is 4.79. The van der Waals surface area contributed by atoms with E-state index in [1.807, 2.05) is 0 Å². The lowest BCUT2D eigenvalue weighted by Gasteiger charge is -2.39. The number of hydrogen-bond acceptors (Lipinski definition) is 2. The maximum Gasteiger partial charge on any atom is 0.416 e. The second kappa shape index (κ2) is 5.99. The number of nitrogens with zero attached hydrogens (tertiary/aromatic N) is 1. The Morgan fingerprint density at radius 1 is 1.19 bits per heavy atom. The van der Waals surface area contributed by atoms with E-state index in [2.05, 4.69) is 26.1 Å². The molecular formula is C19H23F3N2O2. The molecule has 1 saturated heterocycles. The predicted molar refractivity (Wildman–Crippen MR) is 91.3 cm³/mol. The van der Waals surface area contributed by atoms with Gasteiger partial charge in [-0.3, -0.25) is 9.59 Å². The maximum atomic E-state index is 12.8. The molecule has 26 heavy (non-hydrogen) atoms. The number of carbonyl (C=O) groups is 2. The SMILES string of the molecule is CC1(C)CC2CC(C)(CN2C(=O)C(=O)Nc2cccc(C(F)(F)F)c2)C1. The Hall–Kier alpha value is -2.05. The summed E-state index contributed by atoms with van der Waals surface area (Å²) >= 11 is 0. The molecule has 1 aliphatic heterocycles. The molecule has 2 unspecified atom stereocenters. The number of hydrogen-bond donors (Lipinski definition) is 1. The first-order valence-electron chi connectivity index (χ1n) is 8.68. The van der Waals surface area contributed by atoms with Gasteiger partial charge in [0.15, 0.2) is 0 Å². The number of nitrogens with one attached hydrogen (secondary N) is 1. The zero-order valence-corrected chi connectivity index (χ0v) is 15.1. The molecule has 1 aromatic rings. The van der Waals surface area contributed by atoms with E-state index in [9.17, 15) is 22.8 Å². The highest BCUT2D eigenvalue weighted by Gasteiger charge is 2.51. The van der Waals surface area contributed by atoms with Crippen LogP contribution in [0.25, 0.3) is 0 Å². The van der Waals surface area contributed by atoms with Gasteiger partial charge >= 0.3 is 18.0 Å². The number of amides is 2. The van der Waals surface area contributed by atoms with Crippen molar-refractivity contribution in [3.63, 3.8) is 0 Å². The van der Waals surface area contributed by atoms with E-state index in [0.29, 0.717) is 6.54 Å². The van der Waals surface area contributed by atoms with E-state index in [-0.39, 0.29) is 22.6 Å². The van der Waals surface area contributed by atoms with Crippen LogP contribution >= 0.6 is 0 Å². The van der Waals surface area contributed by atoms with Crippen LogP contribution < -0.4 is 5.32 Å². The molecule has 4 nitrogen and oxygen atoms in total. The van der Waals surface area contributed by atoms with Crippen molar-refractivity contribution >= 4 is 17.5 Å². The number of alkyl halides is 3. The zero-order chi connectivity index (χ0) is 19.3. The van der Waals surface area contributed by atoms with Gasteiger partial charge in [-0.1, -0.05) is 26.8 Å². The highest BCUT2D eigenvalue weighted by Crippen LogP contribution is 2.52. The van der Waals surface area contributed by atoms with Gasteiger partial charge in [0.2, 0.25) is 0 Å². The Morgan fingerprint density at radius 2 is 1.88 bits per heavy atom. The Balaban J connectivity index is 1.72. The van der Waals surface area contributed by atoms with E-state index < -0.39 is 23.6 Å². The third-order valence-corrected chi connectivity index (χ3v) is 5.32. The normalized spacial score (nSPS) is 27.3. The topological polar surface area (TPSA) is 49.4 Å². The Kier molecular flexibility index (Phi) is 4.32. The quantitative estimate of drug-likeness (QED) is 0.760. The van der Waals surface area contributed by atoms with E-state index in [4.69, 9.17) is 0 Å². The van der Waals surface area contributed by atoms with Gasteiger partial charge in [-0.05, 0) is 48.3 Å². The molecule has 1 heterocycles. The van der Waals surface area contributed by atoms with E-state index in [0.717, 1.165) is 31.4 Å².